The van der Waals surface area contributed by atoms with E-state index < -0.39 is 15.9 Å². The van der Waals surface area contributed by atoms with Gasteiger partial charge in [0.25, 0.3) is 5.91 Å². The van der Waals surface area contributed by atoms with Crippen molar-refractivity contribution in [3.8, 4) is 23.8 Å². The average Bonchev–Trinajstić information content (AvgIpc) is 3.19. The number of rotatable bonds is 6. The molecule has 0 aliphatic carbocycles. The summed E-state index contributed by atoms with van der Waals surface area (Å²) in [5, 5.41) is 0. The lowest BCUT2D eigenvalue weighted by Gasteiger charge is -2.30. The standard InChI is InChI=1S/C24H25N3O5S2/c1-4-12-27-19-14-20(31-2)21(32-3)15-22(19)33-24(27)25-23(28)17-9-8-13-26(16-17)34(29,30)18-10-6-5-7-11-18/h1,5-7,10-11,14-15,17H,8-9,12-13,16H2,2-3H3. The second kappa shape index (κ2) is 10.0. The molecule has 10 heteroatoms. The van der Waals surface area contributed by atoms with E-state index in [-0.39, 0.29) is 23.9 Å². The summed E-state index contributed by atoms with van der Waals surface area (Å²) in [4.78, 5) is 18.2. The first kappa shape index (κ1) is 24.0. The topological polar surface area (TPSA) is 90.2 Å². The van der Waals surface area contributed by atoms with Crippen LogP contribution in [0.5, 0.6) is 11.5 Å². The van der Waals surface area contributed by atoms with Crippen LogP contribution in [-0.4, -0.2) is 50.5 Å². The van der Waals surface area contributed by atoms with Gasteiger partial charge in [-0.3, -0.25) is 4.79 Å². The highest BCUT2D eigenvalue weighted by molar-refractivity contribution is 7.89. The summed E-state index contributed by atoms with van der Waals surface area (Å²) in [6.07, 6.45) is 6.74. The summed E-state index contributed by atoms with van der Waals surface area (Å²) in [6.45, 7) is 0.697. The van der Waals surface area contributed by atoms with Crippen LogP contribution in [0.3, 0.4) is 0 Å². The molecule has 2 aromatic carbocycles. The highest BCUT2D eigenvalue weighted by atomic mass is 32.2. The Morgan fingerprint density at radius 3 is 2.59 bits per heavy atom. The molecule has 1 aliphatic rings. The number of carbonyl (C=O) groups excluding carboxylic acids is 1. The fourth-order valence-corrected chi connectivity index (χ4v) is 6.61. The van der Waals surface area contributed by atoms with Gasteiger partial charge >= 0.3 is 0 Å². The highest BCUT2D eigenvalue weighted by Gasteiger charge is 2.33. The normalized spacial score (nSPS) is 17.4. The summed E-state index contributed by atoms with van der Waals surface area (Å²) >= 11 is 1.32. The molecule has 1 fully saturated rings. The maximum atomic E-state index is 13.2. The molecule has 3 aromatic rings. The first-order valence-corrected chi connectivity index (χ1v) is 13.0. The van der Waals surface area contributed by atoms with Crippen molar-refractivity contribution in [1.82, 2.24) is 8.87 Å². The smallest absolute Gasteiger partial charge is 0.252 e. The number of terminal acetylenes is 1. The Labute approximate surface area is 202 Å². The summed E-state index contributed by atoms with van der Waals surface area (Å²) in [5.41, 5.74) is 0.782. The molecule has 1 unspecified atom stereocenters. The van der Waals surface area contributed by atoms with E-state index >= 15 is 0 Å². The fraction of sp³-hybridized carbons (Fsp3) is 0.333. The minimum atomic E-state index is -3.67. The molecule has 34 heavy (non-hydrogen) atoms. The summed E-state index contributed by atoms with van der Waals surface area (Å²) in [5.74, 6) is 2.83. The SMILES string of the molecule is C#CCn1c(=NC(=O)C2CCCN(S(=O)(=O)c3ccccc3)C2)sc2cc(OC)c(OC)cc21. The second-order valence-corrected chi connectivity index (χ2v) is 10.8. The number of sulfonamides is 1. The Morgan fingerprint density at radius 2 is 1.91 bits per heavy atom. The molecule has 0 radical (unpaired) electrons. The number of carbonyl (C=O) groups is 1. The third-order valence-corrected chi connectivity index (χ3v) is 8.68. The van der Waals surface area contributed by atoms with E-state index in [2.05, 4.69) is 10.9 Å². The number of amides is 1. The molecule has 178 valence electrons. The van der Waals surface area contributed by atoms with E-state index in [4.69, 9.17) is 15.9 Å². The van der Waals surface area contributed by atoms with Gasteiger partial charge in [0.2, 0.25) is 10.0 Å². The van der Waals surface area contributed by atoms with E-state index in [0.29, 0.717) is 35.7 Å². The lowest BCUT2D eigenvalue weighted by atomic mass is 9.99. The van der Waals surface area contributed by atoms with Crippen LogP contribution < -0.4 is 14.3 Å². The first-order valence-electron chi connectivity index (χ1n) is 10.7. The molecule has 8 nitrogen and oxygen atoms in total. The molecule has 1 aromatic heterocycles. The van der Waals surface area contributed by atoms with Crippen LogP contribution in [0, 0.1) is 18.3 Å². The molecular formula is C24H25N3O5S2. The molecule has 0 saturated carbocycles. The van der Waals surface area contributed by atoms with Gasteiger partial charge in [-0.05, 0) is 25.0 Å². The molecule has 1 amide bonds. The summed E-state index contributed by atoms with van der Waals surface area (Å²) < 4.78 is 40.8. The Morgan fingerprint density at radius 1 is 1.21 bits per heavy atom. The number of aromatic nitrogens is 1. The van der Waals surface area contributed by atoms with Gasteiger partial charge in [-0.15, -0.1) is 6.42 Å². The second-order valence-electron chi connectivity index (χ2n) is 7.82. The molecule has 0 spiro atoms. The van der Waals surface area contributed by atoms with E-state index in [0.717, 1.165) is 10.2 Å². The monoisotopic (exact) mass is 499 g/mol. The zero-order valence-electron chi connectivity index (χ0n) is 18.9. The van der Waals surface area contributed by atoms with E-state index in [1.165, 1.54) is 15.6 Å². The van der Waals surface area contributed by atoms with Gasteiger partial charge in [0.1, 0.15) is 0 Å². The molecule has 4 rings (SSSR count). The van der Waals surface area contributed by atoms with Crippen LogP contribution in [-0.2, 0) is 21.4 Å². The molecule has 0 bridgehead atoms. The number of nitrogens with zero attached hydrogens (tertiary/aromatic N) is 3. The maximum absolute atomic E-state index is 13.2. The van der Waals surface area contributed by atoms with Crippen LogP contribution in [0.15, 0.2) is 52.4 Å². The number of piperidine rings is 1. The minimum absolute atomic E-state index is 0.0985. The van der Waals surface area contributed by atoms with Crippen molar-refractivity contribution in [3.63, 3.8) is 0 Å². The quantitative estimate of drug-likeness (QED) is 0.487. The van der Waals surface area contributed by atoms with Gasteiger partial charge in [0, 0.05) is 25.2 Å². The fourth-order valence-electron chi connectivity index (χ4n) is 4.02. The van der Waals surface area contributed by atoms with E-state index in [1.807, 2.05) is 6.07 Å². The number of hydrogen-bond donors (Lipinski definition) is 0. The van der Waals surface area contributed by atoms with Gasteiger partial charge in [0.15, 0.2) is 16.3 Å². The molecule has 1 atom stereocenters. The zero-order valence-corrected chi connectivity index (χ0v) is 20.6. The van der Waals surface area contributed by atoms with Crippen molar-refractivity contribution in [3.05, 3.63) is 47.3 Å². The number of thiazole rings is 1. The van der Waals surface area contributed by atoms with Crippen LogP contribution in [0.4, 0.5) is 0 Å². The van der Waals surface area contributed by atoms with Crippen LogP contribution in [0.1, 0.15) is 12.8 Å². The van der Waals surface area contributed by atoms with Crippen LogP contribution >= 0.6 is 11.3 Å². The Balaban J connectivity index is 1.67. The van der Waals surface area contributed by atoms with Gasteiger partial charge < -0.3 is 14.0 Å². The van der Waals surface area contributed by atoms with Gasteiger partial charge in [-0.2, -0.15) is 9.30 Å². The Bertz CT molecular complexity index is 1420. The summed E-state index contributed by atoms with van der Waals surface area (Å²) in [6, 6.07) is 11.9. The van der Waals surface area contributed by atoms with Crippen LogP contribution in [0.25, 0.3) is 10.2 Å². The predicted octanol–water partition coefficient (Wildman–Crippen LogP) is 2.88. The predicted molar refractivity (Wildman–Crippen MR) is 130 cm³/mol. The van der Waals surface area contributed by atoms with Crippen molar-refractivity contribution < 1.29 is 22.7 Å². The first-order chi connectivity index (χ1) is 16.4. The number of fused-ring (bicyclic) bond motifs is 1. The van der Waals surface area contributed by atoms with Crippen molar-refractivity contribution in [2.45, 2.75) is 24.3 Å². The van der Waals surface area contributed by atoms with E-state index in [9.17, 15) is 13.2 Å². The third kappa shape index (κ3) is 4.59. The molecule has 0 N–H and O–H groups in total. The van der Waals surface area contributed by atoms with Gasteiger partial charge in [0.05, 0.1) is 41.8 Å². The zero-order chi connectivity index (χ0) is 24.3. The minimum Gasteiger partial charge on any atom is -0.493 e. The third-order valence-electron chi connectivity index (χ3n) is 5.76. The highest BCUT2D eigenvalue weighted by Crippen LogP contribution is 2.33. The lowest BCUT2D eigenvalue weighted by molar-refractivity contribution is -0.122. The molecule has 1 aliphatic heterocycles. The molecule has 2 heterocycles. The van der Waals surface area contributed by atoms with Crippen molar-refractivity contribution in [2.75, 3.05) is 27.3 Å². The number of ether oxygens (including phenoxy) is 2. The average molecular weight is 500 g/mol. The van der Waals surface area contributed by atoms with Crippen molar-refractivity contribution in [2.24, 2.45) is 10.9 Å². The number of benzene rings is 2. The van der Waals surface area contributed by atoms with Crippen molar-refractivity contribution in [1.29, 1.82) is 0 Å². The number of methoxy groups -OCH3 is 2. The lowest BCUT2D eigenvalue weighted by Crippen LogP contribution is -2.42. The number of hydrogen-bond acceptors (Lipinski definition) is 6. The van der Waals surface area contributed by atoms with Crippen molar-refractivity contribution >= 4 is 37.5 Å². The molecule has 1 saturated heterocycles. The summed E-state index contributed by atoms with van der Waals surface area (Å²) in [7, 11) is -0.566. The van der Waals surface area contributed by atoms with Gasteiger partial charge in [-0.25, -0.2) is 8.42 Å². The van der Waals surface area contributed by atoms with Crippen LogP contribution in [0.2, 0.25) is 0 Å². The Kier molecular flexibility index (Phi) is 7.07. The molecular weight excluding hydrogens is 474 g/mol. The largest absolute Gasteiger partial charge is 0.493 e. The Hall–Kier alpha value is -3.13. The van der Waals surface area contributed by atoms with Gasteiger partial charge in [-0.1, -0.05) is 35.5 Å². The van der Waals surface area contributed by atoms with E-state index in [1.54, 1.807) is 55.2 Å². The maximum Gasteiger partial charge on any atom is 0.252 e.